The van der Waals surface area contributed by atoms with Crippen LogP contribution in [0.5, 0.6) is 5.75 Å². The second-order valence-corrected chi connectivity index (χ2v) is 8.29. The van der Waals surface area contributed by atoms with Crippen molar-refractivity contribution in [2.75, 3.05) is 23.8 Å². The quantitative estimate of drug-likeness (QED) is 0.461. The van der Waals surface area contributed by atoms with Crippen LogP contribution in [0.2, 0.25) is 0 Å². The third-order valence-corrected chi connectivity index (χ3v) is 5.05. The lowest BCUT2D eigenvalue weighted by Gasteiger charge is -2.17. The summed E-state index contributed by atoms with van der Waals surface area (Å²) in [6.07, 6.45) is 1.56. The zero-order valence-corrected chi connectivity index (χ0v) is 18.6. The van der Waals surface area contributed by atoms with Crippen LogP contribution in [0.25, 0.3) is 0 Å². The highest BCUT2D eigenvalue weighted by molar-refractivity contribution is 9.10. The van der Waals surface area contributed by atoms with Crippen LogP contribution >= 0.6 is 15.9 Å². The molecule has 1 aliphatic heterocycles. The molecular formula is C22H22BrFN4O3. The first kappa shape index (κ1) is 21.5. The Morgan fingerprint density at radius 2 is 1.77 bits per heavy atom. The summed E-state index contributed by atoms with van der Waals surface area (Å²) in [6.45, 7) is 4.71. The summed E-state index contributed by atoms with van der Waals surface area (Å²) in [5.74, 6) is 0.854. The highest BCUT2D eigenvalue weighted by Crippen LogP contribution is 2.27. The molecule has 0 unspecified atom stereocenters. The first-order valence-electron chi connectivity index (χ1n) is 9.73. The van der Waals surface area contributed by atoms with Gasteiger partial charge in [-0.1, -0.05) is 0 Å². The Morgan fingerprint density at radius 3 is 2.45 bits per heavy atom. The summed E-state index contributed by atoms with van der Waals surface area (Å²) >= 11 is 3.42. The van der Waals surface area contributed by atoms with Gasteiger partial charge in [-0.25, -0.2) is 9.37 Å². The molecule has 9 heteroatoms. The summed E-state index contributed by atoms with van der Waals surface area (Å²) < 4.78 is 30.9. The second kappa shape index (κ2) is 9.17. The Bertz CT molecular complexity index is 1030. The molecule has 0 amide bonds. The maximum absolute atomic E-state index is 13.1. The van der Waals surface area contributed by atoms with Gasteiger partial charge < -0.3 is 24.8 Å². The minimum Gasteiger partial charge on any atom is -0.491 e. The molecule has 2 aromatic carbocycles. The number of benzene rings is 2. The van der Waals surface area contributed by atoms with Crippen molar-refractivity contribution in [1.29, 1.82) is 0 Å². The molecule has 2 N–H and O–H groups in total. The van der Waals surface area contributed by atoms with Crippen LogP contribution in [-0.2, 0) is 9.47 Å². The monoisotopic (exact) mass is 488 g/mol. The topological polar surface area (TPSA) is 77.5 Å². The van der Waals surface area contributed by atoms with E-state index in [0.29, 0.717) is 35.1 Å². The highest BCUT2D eigenvalue weighted by atomic mass is 79.9. The molecule has 0 bridgehead atoms. The van der Waals surface area contributed by atoms with E-state index >= 15 is 0 Å². The minimum absolute atomic E-state index is 0.0870. The van der Waals surface area contributed by atoms with Crippen molar-refractivity contribution in [2.45, 2.75) is 25.7 Å². The van der Waals surface area contributed by atoms with E-state index in [1.807, 2.05) is 38.1 Å². The van der Waals surface area contributed by atoms with Crippen molar-refractivity contribution in [3.63, 3.8) is 0 Å². The third kappa shape index (κ3) is 5.90. The van der Waals surface area contributed by atoms with Crippen molar-refractivity contribution >= 4 is 39.1 Å². The largest absolute Gasteiger partial charge is 0.491 e. The standard InChI is InChI=1S/C22H22BrFN4O3/c1-22(2)30-13-18(31-22)12-29-17-9-7-16(8-10-17)27-21-25-11-19(23)20(28-21)26-15-5-3-14(24)4-6-15/h3-11,18H,12-13H2,1-2H3,(H2,25,26,27,28)/t18-/m1/s1. The van der Waals surface area contributed by atoms with Crippen LogP contribution in [0.4, 0.5) is 27.5 Å². The molecule has 7 nitrogen and oxygen atoms in total. The van der Waals surface area contributed by atoms with Crippen molar-refractivity contribution in [2.24, 2.45) is 0 Å². The molecule has 162 valence electrons. The van der Waals surface area contributed by atoms with Crippen LogP contribution in [-0.4, -0.2) is 35.1 Å². The number of hydrogen-bond donors (Lipinski definition) is 2. The second-order valence-electron chi connectivity index (χ2n) is 7.43. The number of ether oxygens (including phenoxy) is 3. The van der Waals surface area contributed by atoms with Gasteiger partial charge in [0.2, 0.25) is 5.95 Å². The van der Waals surface area contributed by atoms with Gasteiger partial charge in [0.15, 0.2) is 5.79 Å². The Morgan fingerprint density at radius 1 is 1.10 bits per heavy atom. The van der Waals surface area contributed by atoms with Crippen LogP contribution in [0.3, 0.4) is 0 Å². The Kier molecular flexibility index (Phi) is 6.35. The average molecular weight is 489 g/mol. The van der Waals surface area contributed by atoms with E-state index in [9.17, 15) is 4.39 Å². The number of aromatic nitrogens is 2. The Labute approximate surface area is 188 Å². The normalized spacial score (nSPS) is 17.4. The van der Waals surface area contributed by atoms with Crippen LogP contribution in [0.15, 0.2) is 59.2 Å². The molecule has 3 aromatic rings. The average Bonchev–Trinajstić information content (AvgIpc) is 3.10. The van der Waals surface area contributed by atoms with Gasteiger partial charge in [0.1, 0.15) is 30.1 Å². The van der Waals surface area contributed by atoms with Crippen LogP contribution < -0.4 is 15.4 Å². The number of nitrogens with zero attached hydrogens (tertiary/aromatic N) is 2. The highest BCUT2D eigenvalue weighted by Gasteiger charge is 2.32. The number of hydrogen-bond acceptors (Lipinski definition) is 7. The van der Waals surface area contributed by atoms with Gasteiger partial charge in [-0.15, -0.1) is 0 Å². The summed E-state index contributed by atoms with van der Waals surface area (Å²) in [5.41, 5.74) is 1.53. The SMILES string of the molecule is CC1(C)OC[C@@H](COc2ccc(Nc3ncc(Br)c(Nc4ccc(F)cc4)n3)cc2)O1. The molecule has 0 spiro atoms. The molecular weight excluding hydrogens is 467 g/mol. The van der Waals surface area contributed by atoms with Gasteiger partial charge >= 0.3 is 0 Å². The van der Waals surface area contributed by atoms with E-state index in [4.69, 9.17) is 14.2 Å². The van der Waals surface area contributed by atoms with E-state index in [0.717, 1.165) is 11.4 Å². The molecule has 1 aromatic heterocycles. The number of nitrogens with one attached hydrogen (secondary N) is 2. The number of rotatable bonds is 7. The fraction of sp³-hybridized carbons (Fsp3) is 0.273. The molecule has 4 rings (SSSR count). The zero-order valence-electron chi connectivity index (χ0n) is 17.1. The van der Waals surface area contributed by atoms with E-state index in [1.54, 1.807) is 18.3 Å². The van der Waals surface area contributed by atoms with Gasteiger partial charge in [0, 0.05) is 17.6 Å². The molecule has 2 heterocycles. The lowest BCUT2D eigenvalue weighted by molar-refractivity contribution is -0.141. The molecule has 1 saturated heterocycles. The fourth-order valence-electron chi connectivity index (χ4n) is 2.98. The zero-order chi connectivity index (χ0) is 21.8. The summed E-state index contributed by atoms with van der Waals surface area (Å²) in [7, 11) is 0. The maximum atomic E-state index is 13.1. The van der Waals surface area contributed by atoms with Crippen molar-refractivity contribution in [1.82, 2.24) is 9.97 Å². The lowest BCUT2D eigenvalue weighted by Crippen LogP contribution is -2.25. The predicted octanol–water partition coefficient (Wildman–Crippen LogP) is 5.40. The molecule has 31 heavy (non-hydrogen) atoms. The van der Waals surface area contributed by atoms with Gasteiger partial charge in [0.25, 0.3) is 0 Å². The predicted molar refractivity (Wildman–Crippen MR) is 120 cm³/mol. The smallest absolute Gasteiger partial charge is 0.229 e. The van der Waals surface area contributed by atoms with Crippen LogP contribution in [0, 0.1) is 5.82 Å². The summed E-state index contributed by atoms with van der Waals surface area (Å²) in [6, 6.07) is 13.5. The van der Waals surface area contributed by atoms with Crippen molar-refractivity contribution in [3.8, 4) is 5.75 Å². The Hall–Kier alpha value is -2.75. The molecule has 0 radical (unpaired) electrons. The van der Waals surface area contributed by atoms with Gasteiger partial charge in [-0.05, 0) is 78.3 Å². The fourth-order valence-corrected chi connectivity index (χ4v) is 3.27. The molecule has 0 aliphatic carbocycles. The molecule has 1 fully saturated rings. The third-order valence-electron chi connectivity index (χ3n) is 4.46. The van der Waals surface area contributed by atoms with E-state index in [1.165, 1.54) is 12.1 Å². The Balaban J connectivity index is 1.36. The lowest BCUT2D eigenvalue weighted by atomic mass is 10.3. The van der Waals surface area contributed by atoms with E-state index in [2.05, 4.69) is 36.5 Å². The first-order valence-corrected chi connectivity index (χ1v) is 10.5. The summed E-state index contributed by atoms with van der Waals surface area (Å²) in [4.78, 5) is 8.76. The minimum atomic E-state index is -0.559. The molecule has 1 atom stereocenters. The van der Waals surface area contributed by atoms with Gasteiger partial charge in [-0.2, -0.15) is 4.98 Å². The van der Waals surface area contributed by atoms with Gasteiger partial charge in [-0.3, -0.25) is 0 Å². The number of anilines is 4. The van der Waals surface area contributed by atoms with Crippen molar-refractivity contribution in [3.05, 3.63) is 65.0 Å². The van der Waals surface area contributed by atoms with Crippen LogP contribution in [0.1, 0.15) is 13.8 Å². The molecule has 1 aliphatic rings. The summed E-state index contributed by atoms with van der Waals surface area (Å²) in [5, 5.41) is 6.30. The molecule has 0 saturated carbocycles. The maximum Gasteiger partial charge on any atom is 0.229 e. The van der Waals surface area contributed by atoms with Crippen molar-refractivity contribution < 1.29 is 18.6 Å². The van der Waals surface area contributed by atoms with Gasteiger partial charge in [0.05, 0.1) is 11.1 Å². The van der Waals surface area contributed by atoms with E-state index < -0.39 is 5.79 Å². The first-order chi connectivity index (χ1) is 14.9. The van der Waals surface area contributed by atoms with E-state index in [-0.39, 0.29) is 11.9 Å². The number of halogens is 2.